The van der Waals surface area contributed by atoms with Gasteiger partial charge in [0.25, 0.3) is 0 Å². The van der Waals surface area contributed by atoms with Crippen molar-refractivity contribution in [3.63, 3.8) is 0 Å². The van der Waals surface area contributed by atoms with Crippen molar-refractivity contribution in [2.75, 3.05) is 10.6 Å². The SMILES string of the molecule is CC[C@@H](C)Nc1nc(Nc2ccc(F)cc2C)cc(-c2ccccn2)n1. The van der Waals surface area contributed by atoms with E-state index in [0.717, 1.165) is 23.4 Å². The summed E-state index contributed by atoms with van der Waals surface area (Å²) >= 11 is 0. The van der Waals surface area contributed by atoms with Gasteiger partial charge in [0.2, 0.25) is 5.95 Å². The number of benzene rings is 1. The normalized spacial score (nSPS) is 11.8. The zero-order valence-corrected chi connectivity index (χ0v) is 15.1. The number of aromatic nitrogens is 3. The Balaban J connectivity index is 1.98. The van der Waals surface area contributed by atoms with Crippen LogP contribution in [0.2, 0.25) is 0 Å². The number of anilines is 3. The second-order valence-electron chi connectivity index (χ2n) is 6.21. The van der Waals surface area contributed by atoms with E-state index in [-0.39, 0.29) is 11.9 Å². The van der Waals surface area contributed by atoms with Crippen LogP contribution in [-0.4, -0.2) is 21.0 Å². The van der Waals surface area contributed by atoms with E-state index < -0.39 is 0 Å². The second-order valence-corrected chi connectivity index (χ2v) is 6.21. The van der Waals surface area contributed by atoms with E-state index in [1.807, 2.05) is 31.2 Å². The van der Waals surface area contributed by atoms with Gasteiger partial charge >= 0.3 is 0 Å². The molecule has 1 aromatic carbocycles. The Morgan fingerprint density at radius 2 is 1.92 bits per heavy atom. The smallest absolute Gasteiger partial charge is 0.225 e. The van der Waals surface area contributed by atoms with Crippen molar-refractivity contribution in [2.24, 2.45) is 0 Å². The molecule has 0 fully saturated rings. The first kappa shape index (κ1) is 17.8. The average molecular weight is 351 g/mol. The standard InChI is InChI=1S/C20H22FN5/c1-4-14(3)23-20-25-18(17-7-5-6-10-22-17)12-19(26-20)24-16-9-8-15(21)11-13(16)2/h5-12,14H,4H2,1-3H3,(H2,23,24,25,26)/t14-/m1/s1. The highest BCUT2D eigenvalue weighted by Gasteiger charge is 2.10. The third kappa shape index (κ3) is 4.33. The van der Waals surface area contributed by atoms with Crippen LogP contribution in [-0.2, 0) is 0 Å². The Hall–Kier alpha value is -3.02. The summed E-state index contributed by atoms with van der Waals surface area (Å²) in [6, 6.07) is 12.4. The Labute approximate surface area is 152 Å². The number of hydrogen-bond acceptors (Lipinski definition) is 5. The first-order chi connectivity index (χ1) is 12.5. The van der Waals surface area contributed by atoms with Crippen molar-refractivity contribution in [1.82, 2.24) is 15.0 Å². The summed E-state index contributed by atoms with van der Waals surface area (Å²) < 4.78 is 13.3. The molecule has 134 valence electrons. The van der Waals surface area contributed by atoms with Crippen LogP contribution >= 0.6 is 0 Å². The molecular formula is C20H22FN5. The van der Waals surface area contributed by atoms with E-state index in [1.54, 1.807) is 12.3 Å². The molecule has 2 aromatic heterocycles. The molecule has 0 saturated heterocycles. The molecule has 0 unspecified atom stereocenters. The van der Waals surface area contributed by atoms with Crippen LogP contribution in [0.15, 0.2) is 48.7 Å². The molecule has 0 bridgehead atoms. The highest BCUT2D eigenvalue weighted by Crippen LogP contribution is 2.24. The number of nitrogens with one attached hydrogen (secondary N) is 2. The topological polar surface area (TPSA) is 62.7 Å². The molecule has 2 N–H and O–H groups in total. The van der Waals surface area contributed by atoms with E-state index in [4.69, 9.17) is 0 Å². The van der Waals surface area contributed by atoms with Gasteiger partial charge in [0.15, 0.2) is 0 Å². The highest BCUT2D eigenvalue weighted by molar-refractivity contribution is 5.66. The quantitative estimate of drug-likeness (QED) is 0.658. The third-order valence-electron chi connectivity index (χ3n) is 4.09. The summed E-state index contributed by atoms with van der Waals surface area (Å²) in [6.07, 6.45) is 2.69. The maximum absolute atomic E-state index is 13.3. The summed E-state index contributed by atoms with van der Waals surface area (Å²) in [5.74, 6) is 0.898. The third-order valence-corrected chi connectivity index (χ3v) is 4.09. The molecule has 0 radical (unpaired) electrons. The van der Waals surface area contributed by atoms with Crippen LogP contribution in [0.1, 0.15) is 25.8 Å². The molecule has 3 aromatic rings. The minimum absolute atomic E-state index is 0.245. The molecular weight excluding hydrogens is 329 g/mol. The van der Waals surface area contributed by atoms with Crippen LogP contribution in [0.4, 0.5) is 21.8 Å². The molecule has 0 saturated carbocycles. The predicted octanol–water partition coefficient (Wildman–Crippen LogP) is 4.94. The average Bonchev–Trinajstić information content (AvgIpc) is 2.64. The lowest BCUT2D eigenvalue weighted by Gasteiger charge is -2.15. The van der Waals surface area contributed by atoms with Crippen molar-refractivity contribution in [1.29, 1.82) is 0 Å². The lowest BCUT2D eigenvalue weighted by atomic mass is 10.2. The van der Waals surface area contributed by atoms with Gasteiger partial charge < -0.3 is 10.6 Å². The number of halogens is 1. The molecule has 3 rings (SSSR count). The number of hydrogen-bond donors (Lipinski definition) is 2. The van der Waals surface area contributed by atoms with Crippen LogP contribution < -0.4 is 10.6 Å². The maximum Gasteiger partial charge on any atom is 0.225 e. The minimum atomic E-state index is -0.260. The number of nitrogens with zero attached hydrogens (tertiary/aromatic N) is 3. The summed E-state index contributed by atoms with van der Waals surface area (Å²) in [5, 5.41) is 6.56. The van der Waals surface area contributed by atoms with Gasteiger partial charge in [-0.15, -0.1) is 0 Å². The van der Waals surface area contributed by atoms with E-state index >= 15 is 0 Å². The van der Waals surface area contributed by atoms with Crippen molar-refractivity contribution in [2.45, 2.75) is 33.2 Å². The Morgan fingerprint density at radius 3 is 2.62 bits per heavy atom. The fourth-order valence-corrected chi connectivity index (χ4v) is 2.45. The molecule has 1 atom stereocenters. The van der Waals surface area contributed by atoms with E-state index in [0.29, 0.717) is 17.5 Å². The summed E-state index contributed by atoms with van der Waals surface area (Å²) in [4.78, 5) is 13.5. The Bertz CT molecular complexity index is 883. The molecule has 2 heterocycles. The fourth-order valence-electron chi connectivity index (χ4n) is 2.45. The fraction of sp³-hybridized carbons (Fsp3) is 0.250. The minimum Gasteiger partial charge on any atom is -0.352 e. The van der Waals surface area contributed by atoms with E-state index in [9.17, 15) is 4.39 Å². The largest absolute Gasteiger partial charge is 0.352 e. The van der Waals surface area contributed by atoms with Gasteiger partial charge in [0.1, 0.15) is 11.6 Å². The van der Waals surface area contributed by atoms with Crippen LogP contribution in [0.5, 0.6) is 0 Å². The summed E-state index contributed by atoms with van der Waals surface area (Å²) in [7, 11) is 0. The van der Waals surface area contributed by atoms with Gasteiger partial charge in [0, 0.05) is 24.0 Å². The second kappa shape index (κ2) is 7.91. The first-order valence-corrected chi connectivity index (χ1v) is 8.65. The van der Waals surface area contributed by atoms with E-state index in [2.05, 4.69) is 39.4 Å². The van der Waals surface area contributed by atoms with Gasteiger partial charge in [-0.05, 0) is 56.2 Å². The van der Waals surface area contributed by atoms with Gasteiger partial charge in [-0.1, -0.05) is 13.0 Å². The monoisotopic (exact) mass is 351 g/mol. The van der Waals surface area contributed by atoms with Crippen molar-refractivity contribution in [3.8, 4) is 11.4 Å². The highest BCUT2D eigenvalue weighted by atomic mass is 19.1. The van der Waals surface area contributed by atoms with Gasteiger partial charge in [-0.2, -0.15) is 4.98 Å². The number of pyridine rings is 1. The van der Waals surface area contributed by atoms with Crippen LogP contribution in [0.25, 0.3) is 11.4 Å². The van der Waals surface area contributed by atoms with Crippen LogP contribution in [0, 0.1) is 12.7 Å². The first-order valence-electron chi connectivity index (χ1n) is 8.65. The summed E-state index contributed by atoms with van der Waals surface area (Å²) in [6.45, 7) is 6.03. The molecule has 0 aliphatic rings. The molecule has 0 aliphatic carbocycles. The lowest BCUT2D eigenvalue weighted by molar-refractivity contribution is 0.627. The molecule has 5 nitrogen and oxygen atoms in total. The summed E-state index contributed by atoms with van der Waals surface area (Å²) in [5.41, 5.74) is 3.08. The van der Waals surface area contributed by atoms with Gasteiger partial charge in [-0.25, -0.2) is 9.37 Å². The number of aryl methyl sites for hydroxylation is 1. The maximum atomic E-state index is 13.3. The van der Waals surface area contributed by atoms with Gasteiger partial charge in [-0.3, -0.25) is 4.98 Å². The predicted molar refractivity (Wildman–Crippen MR) is 103 cm³/mol. The van der Waals surface area contributed by atoms with Crippen LogP contribution in [0.3, 0.4) is 0 Å². The Kier molecular flexibility index (Phi) is 5.41. The molecule has 0 amide bonds. The molecule has 0 spiro atoms. The van der Waals surface area contributed by atoms with Crippen molar-refractivity contribution < 1.29 is 4.39 Å². The molecule has 0 aliphatic heterocycles. The molecule has 6 heteroatoms. The van der Waals surface area contributed by atoms with Crippen molar-refractivity contribution in [3.05, 3.63) is 60.0 Å². The number of rotatable bonds is 6. The zero-order valence-electron chi connectivity index (χ0n) is 15.1. The lowest BCUT2D eigenvalue weighted by Crippen LogP contribution is -2.16. The zero-order chi connectivity index (χ0) is 18.5. The van der Waals surface area contributed by atoms with Gasteiger partial charge in [0.05, 0.1) is 11.4 Å². The van der Waals surface area contributed by atoms with Crippen molar-refractivity contribution >= 4 is 17.5 Å². The molecule has 26 heavy (non-hydrogen) atoms. The Morgan fingerprint density at radius 1 is 1.08 bits per heavy atom. The van der Waals surface area contributed by atoms with E-state index in [1.165, 1.54) is 12.1 Å².